The fourth-order valence-electron chi connectivity index (χ4n) is 14.6. The number of aromatic nitrogens is 18. The average Bonchev–Trinajstić information content (AvgIpc) is 4.40. The summed E-state index contributed by atoms with van der Waals surface area (Å²) in [6, 6.07) is 1.67. The largest absolute Gasteiger partial charge is 0.368 e. The Hall–Kier alpha value is -8.43. The molecule has 9 fully saturated rings. The third-order valence-electron chi connectivity index (χ3n) is 19.3. The summed E-state index contributed by atoms with van der Waals surface area (Å²) in [6.45, 7) is 21.2. The van der Waals surface area contributed by atoms with Crippen LogP contribution in [0.15, 0.2) is 37.2 Å². The molecular formula is C59H70N24O3. The third kappa shape index (κ3) is 8.56. The van der Waals surface area contributed by atoms with E-state index in [0.29, 0.717) is 48.8 Å². The van der Waals surface area contributed by atoms with E-state index in [1.165, 1.54) is 38.5 Å². The Morgan fingerprint density at radius 3 is 1.20 bits per heavy atom. The lowest BCUT2D eigenvalue weighted by atomic mass is 9.86. The second kappa shape index (κ2) is 19.3. The molecule has 3 saturated carbocycles. The number of nitrogen functional groups attached to an aromatic ring is 3. The van der Waals surface area contributed by atoms with Gasteiger partial charge in [0.15, 0.2) is 68.4 Å². The van der Waals surface area contributed by atoms with Crippen molar-refractivity contribution in [3.63, 3.8) is 0 Å². The van der Waals surface area contributed by atoms with Crippen LogP contribution in [0.2, 0.25) is 0 Å². The predicted octanol–water partition coefficient (Wildman–Crippen LogP) is 5.97. The number of anilines is 6. The first-order valence-corrected chi connectivity index (χ1v) is 30.3. The Morgan fingerprint density at radius 2 is 0.814 bits per heavy atom. The first kappa shape index (κ1) is 53.1. The van der Waals surface area contributed by atoms with Gasteiger partial charge in [-0.1, -0.05) is 6.92 Å². The molecule has 0 spiro atoms. The molecule has 27 heteroatoms. The highest BCUT2D eigenvalue weighted by atomic mass is 16.5. The molecule has 0 amide bonds. The molecular weight excluding hydrogens is 1090 g/mol. The lowest BCUT2D eigenvalue weighted by Gasteiger charge is -2.34. The number of nitrogens with two attached hydrogens (primary N) is 3. The molecule has 9 aromatic rings. The molecule has 6 saturated heterocycles. The monoisotopic (exact) mass is 1160 g/mol. The van der Waals surface area contributed by atoms with Gasteiger partial charge in [-0.3, -0.25) is 0 Å². The molecule has 3 aliphatic carbocycles. The standard InChI is InChI=1S/2C20H24N8O.C19H22N8O/c1-10-8-28-17-14(24-18(28)20(2,3)29-10)16(27-9-11-4-13(27)5-11)25-15(26-17)12-6-22-19(21)23-7-12;1-3-20(2)18-24-14-16(27(18)4-5-29-20)25-15(12-8-22-19(21)23-9-12)26-17(14)28-10-11-6-13(28)7-11;1-19(2)17-23-13-15(26(17)3-4-28-19)24-14(11-7-21-18(20)22-8-11)25-16(13)27-9-10-5-12(27)6-10/h6-7,10-11,13H,4-5,8-9H2,1-3H3,(H2,21,22,23);8-9,11,13H,3-7,10H2,1-2H3,(H2,21,22,23);7-8,10,12H,3-6,9H2,1-2H3,(H2,20,21,22)/t10-,11?,13?;11?,13?,20-;/m01./s1. The lowest BCUT2D eigenvalue weighted by molar-refractivity contribution is -0.100. The number of nitrogens with zero attached hydrogens (tertiary/aromatic N) is 21. The topological polar surface area (TPSA) is 324 Å². The minimum Gasteiger partial charge on any atom is -0.368 e. The van der Waals surface area contributed by atoms with Crippen LogP contribution in [-0.4, -0.2) is 146 Å². The van der Waals surface area contributed by atoms with Crippen LogP contribution in [0.5, 0.6) is 0 Å². The van der Waals surface area contributed by atoms with Gasteiger partial charge in [0.05, 0.1) is 42.6 Å². The summed E-state index contributed by atoms with van der Waals surface area (Å²) in [7, 11) is 0. The third-order valence-corrected chi connectivity index (χ3v) is 19.3. The molecule has 444 valence electrons. The van der Waals surface area contributed by atoms with Gasteiger partial charge < -0.3 is 59.8 Å². The number of rotatable bonds is 7. The molecule has 6 N–H and O–H groups in total. The number of imidazole rings is 3. The maximum Gasteiger partial charge on any atom is 0.219 e. The van der Waals surface area contributed by atoms with Crippen molar-refractivity contribution >= 4 is 68.8 Å². The summed E-state index contributed by atoms with van der Waals surface area (Å²) in [5.74, 6) is 10.4. The Labute approximate surface area is 495 Å². The molecule has 0 radical (unpaired) electrons. The van der Waals surface area contributed by atoms with Crippen molar-refractivity contribution in [1.29, 1.82) is 0 Å². The number of ether oxygens (including phenoxy) is 3. The van der Waals surface area contributed by atoms with Crippen molar-refractivity contribution in [3.8, 4) is 34.2 Å². The molecule has 86 heavy (non-hydrogen) atoms. The quantitative estimate of drug-likeness (QED) is 0.165. The average molecular weight is 1160 g/mol. The smallest absolute Gasteiger partial charge is 0.219 e. The Balaban J connectivity index is 0.000000105. The lowest BCUT2D eigenvalue weighted by Crippen LogP contribution is -2.38. The van der Waals surface area contributed by atoms with E-state index in [9.17, 15) is 0 Å². The molecule has 0 aromatic carbocycles. The van der Waals surface area contributed by atoms with Crippen LogP contribution < -0.4 is 31.9 Å². The van der Waals surface area contributed by atoms with Gasteiger partial charge in [0.2, 0.25) is 17.8 Å². The van der Waals surface area contributed by atoms with E-state index in [4.69, 9.17) is 76.3 Å². The van der Waals surface area contributed by atoms with Gasteiger partial charge in [0.25, 0.3) is 0 Å². The molecule has 18 heterocycles. The summed E-state index contributed by atoms with van der Waals surface area (Å²) >= 11 is 0. The fraction of sp³-hybridized carbons (Fsp3) is 0.542. The minimum atomic E-state index is -0.479. The Morgan fingerprint density at radius 1 is 0.453 bits per heavy atom. The number of hydrogen-bond donors (Lipinski definition) is 3. The SMILES string of the molecule is CC1(C)OCCn2c1nc1c(N3CC4CC3C4)nc(-c3cnc(N)nc3)nc12.CC[C@@]1(C)OCCn2c1nc1c(N3CC4CC3C4)nc(-c3cnc(N)nc3)nc12.C[C@H]1Cn2c(nc3c(N4CC5CC4C5)nc(-c4cnc(N)nc4)nc32)C(C)(C)O1. The normalized spacial score (nSPS) is 26.7. The van der Waals surface area contributed by atoms with Crippen LogP contribution in [0, 0.1) is 17.8 Å². The van der Waals surface area contributed by atoms with Gasteiger partial charge in [-0.15, -0.1) is 0 Å². The van der Waals surface area contributed by atoms with Crippen molar-refractivity contribution in [2.24, 2.45) is 17.8 Å². The van der Waals surface area contributed by atoms with Gasteiger partial charge in [0, 0.05) is 88.0 Å². The zero-order chi connectivity index (χ0) is 58.7. The maximum absolute atomic E-state index is 6.17. The van der Waals surface area contributed by atoms with E-state index in [1.807, 2.05) is 0 Å². The molecule has 12 aliphatic rings. The number of fused-ring (bicyclic) bond motifs is 12. The van der Waals surface area contributed by atoms with Gasteiger partial charge in [-0.2, -0.15) is 0 Å². The van der Waals surface area contributed by atoms with E-state index in [2.05, 4.69) is 107 Å². The maximum atomic E-state index is 6.17. The van der Waals surface area contributed by atoms with E-state index in [-0.39, 0.29) is 23.9 Å². The summed E-state index contributed by atoms with van der Waals surface area (Å²) in [4.78, 5) is 76.5. The summed E-state index contributed by atoms with van der Waals surface area (Å²) < 4.78 is 24.8. The molecule has 2 atom stereocenters. The van der Waals surface area contributed by atoms with Crippen LogP contribution in [-0.2, 0) is 50.6 Å². The zero-order valence-corrected chi connectivity index (χ0v) is 49.5. The highest BCUT2D eigenvalue weighted by Gasteiger charge is 2.48. The Kier molecular flexibility index (Phi) is 11.9. The Bertz CT molecular complexity index is 4110. The molecule has 0 unspecified atom stereocenters. The van der Waals surface area contributed by atoms with Gasteiger partial charge in [-0.05, 0) is 104 Å². The predicted molar refractivity (Wildman–Crippen MR) is 320 cm³/mol. The highest BCUT2D eigenvalue weighted by Crippen LogP contribution is 2.49. The first-order chi connectivity index (χ1) is 41.4. The van der Waals surface area contributed by atoms with Crippen LogP contribution in [0.3, 0.4) is 0 Å². The fourth-order valence-corrected chi connectivity index (χ4v) is 14.6. The second-order valence-electron chi connectivity index (χ2n) is 26.0. The van der Waals surface area contributed by atoms with Crippen LogP contribution in [0.1, 0.15) is 111 Å². The van der Waals surface area contributed by atoms with E-state index < -0.39 is 16.8 Å². The van der Waals surface area contributed by atoms with Crippen molar-refractivity contribution in [2.45, 2.75) is 154 Å². The van der Waals surface area contributed by atoms with Gasteiger partial charge >= 0.3 is 0 Å². The number of hydrogen-bond acceptors (Lipinski definition) is 24. The summed E-state index contributed by atoms with van der Waals surface area (Å²) in [5, 5.41) is 0. The van der Waals surface area contributed by atoms with Crippen molar-refractivity contribution in [3.05, 3.63) is 54.7 Å². The van der Waals surface area contributed by atoms with Crippen molar-refractivity contribution in [2.75, 3.05) is 64.7 Å². The van der Waals surface area contributed by atoms with Crippen molar-refractivity contribution in [1.82, 2.24) is 88.5 Å². The van der Waals surface area contributed by atoms with E-state index >= 15 is 0 Å². The molecule has 9 aromatic heterocycles. The van der Waals surface area contributed by atoms with Crippen LogP contribution in [0.25, 0.3) is 67.7 Å². The summed E-state index contributed by atoms with van der Waals surface area (Å²) in [6.07, 6.45) is 18.5. The van der Waals surface area contributed by atoms with Gasteiger partial charge in [0.1, 0.15) is 34.3 Å². The first-order valence-electron chi connectivity index (χ1n) is 30.3. The molecule has 6 bridgehead atoms. The molecule has 21 rings (SSSR count). The van der Waals surface area contributed by atoms with Gasteiger partial charge in [-0.25, -0.2) is 74.8 Å². The zero-order valence-electron chi connectivity index (χ0n) is 49.5. The van der Waals surface area contributed by atoms with E-state index in [1.54, 1.807) is 37.2 Å². The van der Waals surface area contributed by atoms with Crippen molar-refractivity contribution < 1.29 is 14.2 Å². The van der Waals surface area contributed by atoms with Crippen LogP contribution >= 0.6 is 0 Å². The second-order valence-corrected chi connectivity index (χ2v) is 26.0. The molecule has 9 aliphatic heterocycles. The van der Waals surface area contributed by atoms with Crippen LogP contribution in [0.4, 0.5) is 35.3 Å². The highest BCUT2D eigenvalue weighted by molar-refractivity contribution is 5.89. The van der Waals surface area contributed by atoms with E-state index in [0.717, 1.165) is 149 Å². The molecule has 27 nitrogen and oxygen atoms in total. The summed E-state index contributed by atoms with van der Waals surface area (Å²) in [5.41, 5.74) is 23.1. The minimum absolute atomic E-state index is 0.0798.